The number of anilines is 2. The summed E-state index contributed by atoms with van der Waals surface area (Å²) in [5.41, 5.74) is 2.56. The van der Waals surface area contributed by atoms with E-state index in [1.807, 2.05) is 87.6 Å². The molecule has 0 radical (unpaired) electrons. The molecule has 7 heteroatoms. The zero-order chi connectivity index (χ0) is 23.3. The number of nitrogens with one attached hydrogen (secondary N) is 1. The molecule has 170 valence electrons. The Morgan fingerprint density at radius 2 is 1.84 bits per heavy atom. The molecule has 32 heavy (non-hydrogen) atoms. The highest BCUT2D eigenvalue weighted by Gasteiger charge is 2.21. The van der Waals surface area contributed by atoms with E-state index in [0.717, 1.165) is 22.7 Å². The van der Waals surface area contributed by atoms with E-state index in [4.69, 9.17) is 4.42 Å². The lowest BCUT2D eigenvalue weighted by atomic mass is 9.92. The fraction of sp³-hybridized carbons (Fsp3) is 0.360. The fourth-order valence-electron chi connectivity index (χ4n) is 3.46. The number of hydrogen-bond donors (Lipinski definition) is 1. The van der Waals surface area contributed by atoms with Gasteiger partial charge in [0.05, 0.1) is 17.7 Å². The maximum atomic E-state index is 13.2. The second kappa shape index (κ2) is 10.0. The van der Waals surface area contributed by atoms with Crippen molar-refractivity contribution < 1.29 is 14.0 Å². The Morgan fingerprint density at radius 3 is 2.44 bits per heavy atom. The molecule has 0 aliphatic carbocycles. The van der Waals surface area contributed by atoms with Crippen molar-refractivity contribution >= 4 is 34.5 Å². The van der Waals surface area contributed by atoms with Gasteiger partial charge in [0, 0.05) is 38.4 Å². The number of thiophene rings is 1. The van der Waals surface area contributed by atoms with Crippen molar-refractivity contribution in [3.63, 3.8) is 0 Å². The molecule has 0 fully saturated rings. The monoisotopic (exact) mass is 453 g/mol. The summed E-state index contributed by atoms with van der Waals surface area (Å²) < 4.78 is 5.51. The number of rotatable bonds is 8. The molecule has 1 N–H and O–H groups in total. The van der Waals surface area contributed by atoms with Crippen LogP contribution >= 0.6 is 11.3 Å². The second-order valence-electron chi connectivity index (χ2n) is 9.24. The van der Waals surface area contributed by atoms with Gasteiger partial charge < -0.3 is 19.5 Å². The van der Waals surface area contributed by atoms with Gasteiger partial charge in [0.25, 0.3) is 5.91 Å². The summed E-state index contributed by atoms with van der Waals surface area (Å²) in [4.78, 5) is 30.2. The molecular formula is C25H31N3O3S. The van der Waals surface area contributed by atoms with Gasteiger partial charge in [0.1, 0.15) is 5.76 Å². The van der Waals surface area contributed by atoms with Gasteiger partial charge >= 0.3 is 0 Å². The predicted molar refractivity (Wildman–Crippen MR) is 130 cm³/mol. The van der Waals surface area contributed by atoms with Crippen LogP contribution < -0.4 is 10.2 Å². The van der Waals surface area contributed by atoms with Crippen molar-refractivity contribution in [3.8, 4) is 0 Å². The first kappa shape index (κ1) is 23.6. The highest BCUT2D eigenvalue weighted by molar-refractivity contribution is 7.12. The summed E-state index contributed by atoms with van der Waals surface area (Å²) in [6.45, 7) is 6.85. The van der Waals surface area contributed by atoms with E-state index in [2.05, 4.69) is 5.32 Å². The molecule has 0 unspecified atom stereocenters. The first-order chi connectivity index (χ1) is 15.1. The van der Waals surface area contributed by atoms with Crippen LogP contribution in [0.1, 0.15) is 48.2 Å². The number of amides is 2. The summed E-state index contributed by atoms with van der Waals surface area (Å²) in [5.74, 6) is 0.641. The van der Waals surface area contributed by atoms with Crippen molar-refractivity contribution in [3.05, 3.63) is 70.3 Å². The standard InChI is InChI=1S/C25H31N3O3S/c1-25(2,3)15-23(29)26-19-10-11-21(27(4)5)18(14-19)16-28(17-20-8-6-12-31-20)24(30)22-9-7-13-32-22/h6-14H,15-17H2,1-5H3,(H,26,29). The van der Waals surface area contributed by atoms with E-state index < -0.39 is 0 Å². The lowest BCUT2D eigenvalue weighted by Gasteiger charge is -2.25. The van der Waals surface area contributed by atoms with Crippen LogP contribution in [0.2, 0.25) is 0 Å². The molecule has 0 atom stereocenters. The topological polar surface area (TPSA) is 65.8 Å². The van der Waals surface area contributed by atoms with Gasteiger partial charge in [-0.05, 0) is 52.8 Å². The zero-order valence-electron chi connectivity index (χ0n) is 19.3. The molecule has 0 saturated carbocycles. The minimum absolute atomic E-state index is 0.0249. The normalized spacial score (nSPS) is 11.3. The Morgan fingerprint density at radius 1 is 1.06 bits per heavy atom. The summed E-state index contributed by atoms with van der Waals surface area (Å²) in [5, 5.41) is 4.90. The average molecular weight is 454 g/mol. The first-order valence-electron chi connectivity index (χ1n) is 10.6. The largest absolute Gasteiger partial charge is 0.467 e. The van der Waals surface area contributed by atoms with Crippen molar-refractivity contribution in [2.45, 2.75) is 40.3 Å². The molecule has 0 bridgehead atoms. The van der Waals surface area contributed by atoms with E-state index in [1.165, 1.54) is 11.3 Å². The van der Waals surface area contributed by atoms with Crippen molar-refractivity contribution in [1.29, 1.82) is 0 Å². The minimum atomic E-state index is -0.0938. The van der Waals surface area contributed by atoms with Gasteiger partial charge in [-0.1, -0.05) is 26.8 Å². The number of hydrogen-bond acceptors (Lipinski definition) is 5. The van der Waals surface area contributed by atoms with Crippen LogP contribution in [0.15, 0.2) is 58.5 Å². The predicted octanol–water partition coefficient (Wildman–Crippen LogP) is 5.62. The molecule has 3 rings (SSSR count). The van der Waals surface area contributed by atoms with E-state index in [-0.39, 0.29) is 17.2 Å². The van der Waals surface area contributed by atoms with Gasteiger partial charge in [-0.15, -0.1) is 11.3 Å². The first-order valence-corrected chi connectivity index (χ1v) is 11.5. The van der Waals surface area contributed by atoms with Crippen LogP contribution in [-0.4, -0.2) is 30.8 Å². The molecule has 6 nitrogen and oxygen atoms in total. The van der Waals surface area contributed by atoms with Gasteiger partial charge in [-0.25, -0.2) is 0 Å². The Balaban J connectivity index is 1.89. The summed E-state index contributed by atoms with van der Waals surface area (Å²) in [7, 11) is 3.93. The van der Waals surface area contributed by atoms with Crippen molar-refractivity contribution in [2.24, 2.45) is 5.41 Å². The Bertz CT molecular complexity index is 1040. The molecular weight excluding hydrogens is 422 g/mol. The third-order valence-electron chi connectivity index (χ3n) is 4.84. The van der Waals surface area contributed by atoms with Crippen LogP contribution in [0, 0.1) is 5.41 Å². The molecule has 0 aliphatic heterocycles. The lowest BCUT2D eigenvalue weighted by molar-refractivity contribution is -0.117. The quantitative estimate of drug-likeness (QED) is 0.480. The molecule has 3 aromatic rings. The Kier molecular flexibility index (Phi) is 7.40. The highest BCUT2D eigenvalue weighted by atomic mass is 32.1. The maximum absolute atomic E-state index is 13.2. The number of carbonyl (C=O) groups is 2. The van der Waals surface area contributed by atoms with Crippen LogP contribution in [0.4, 0.5) is 11.4 Å². The van der Waals surface area contributed by atoms with Crippen LogP contribution in [0.25, 0.3) is 0 Å². The Hall–Kier alpha value is -3.06. The van der Waals surface area contributed by atoms with Gasteiger partial charge in [-0.3, -0.25) is 9.59 Å². The number of benzene rings is 1. The summed E-state index contributed by atoms with van der Waals surface area (Å²) in [6.07, 6.45) is 2.04. The number of nitrogens with zero attached hydrogens (tertiary/aromatic N) is 2. The van der Waals surface area contributed by atoms with Crippen LogP contribution in [-0.2, 0) is 17.9 Å². The average Bonchev–Trinajstić information content (AvgIpc) is 3.39. The van der Waals surface area contributed by atoms with E-state index in [1.54, 1.807) is 11.2 Å². The Labute approximate surface area is 193 Å². The highest BCUT2D eigenvalue weighted by Crippen LogP contribution is 2.27. The summed E-state index contributed by atoms with van der Waals surface area (Å²) in [6, 6.07) is 13.2. The molecule has 2 aromatic heterocycles. The van der Waals surface area contributed by atoms with Crippen LogP contribution in [0.5, 0.6) is 0 Å². The fourth-order valence-corrected chi connectivity index (χ4v) is 4.16. The second-order valence-corrected chi connectivity index (χ2v) is 10.2. The SMILES string of the molecule is CN(C)c1ccc(NC(=O)CC(C)(C)C)cc1CN(Cc1ccco1)C(=O)c1cccs1. The lowest BCUT2D eigenvalue weighted by Crippen LogP contribution is -2.30. The molecule has 0 aliphatic rings. The van der Waals surface area contributed by atoms with Gasteiger partial charge in [-0.2, -0.15) is 0 Å². The molecule has 1 aromatic carbocycles. The number of carbonyl (C=O) groups excluding carboxylic acids is 2. The molecule has 2 heterocycles. The van der Waals surface area contributed by atoms with Gasteiger partial charge in [0.15, 0.2) is 0 Å². The third-order valence-corrected chi connectivity index (χ3v) is 5.70. The number of furan rings is 1. The van der Waals surface area contributed by atoms with E-state index >= 15 is 0 Å². The molecule has 0 saturated heterocycles. The minimum Gasteiger partial charge on any atom is -0.467 e. The van der Waals surface area contributed by atoms with E-state index in [9.17, 15) is 9.59 Å². The van der Waals surface area contributed by atoms with Crippen molar-refractivity contribution in [1.82, 2.24) is 4.90 Å². The molecule has 2 amide bonds. The van der Waals surface area contributed by atoms with Gasteiger partial charge in [0.2, 0.25) is 5.91 Å². The maximum Gasteiger partial charge on any atom is 0.264 e. The molecule has 0 spiro atoms. The smallest absolute Gasteiger partial charge is 0.264 e. The summed E-state index contributed by atoms with van der Waals surface area (Å²) >= 11 is 1.42. The van der Waals surface area contributed by atoms with Crippen molar-refractivity contribution in [2.75, 3.05) is 24.3 Å². The third kappa shape index (κ3) is 6.47. The zero-order valence-corrected chi connectivity index (χ0v) is 20.2. The van der Waals surface area contributed by atoms with E-state index in [0.29, 0.717) is 24.4 Å². The van der Waals surface area contributed by atoms with Crippen LogP contribution in [0.3, 0.4) is 0 Å².